The van der Waals surface area contributed by atoms with Crippen LogP contribution in [0, 0.1) is 28.6 Å². The van der Waals surface area contributed by atoms with Gasteiger partial charge in [-0.25, -0.2) is 0 Å². The minimum Gasteiger partial charge on any atom is -0.465 e. The lowest BCUT2D eigenvalue weighted by atomic mass is 9.42. The molecule has 5 fully saturated rings. The summed E-state index contributed by atoms with van der Waals surface area (Å²) >= 11 is 0. The molecule has 0 radical (unpaired) electrons. The molecule has 2 aliphatic carbocycles. The van der Waals surface area contributed by atoms with E-state index in [-0.39, 0.29) is 54.3 Å². The van der Waals surface area contributed by atoms with Crippen molar-refractivity contribution in [2.24, 2.45) is 28.6 Å². The Hall–Kier alpha value is -1.18. The first kappa shape index (κ1) is 21.7. The molecule has 2 saturated carbocycles. The molecule has 0 aromatic rings. The molecule has 7 heteroatoms. The Morgan fingerprint density at radius 1 is 1.13 bits per heavy atom. The topological polar surface area (TPSA) is 83.6 Å². The number of carbonyl (C=O) groups is 2. The van der Waals surface area contributed by atoms with Gasteiger partial charge in [0, 0.05) is 25.2 Å². The first-order valence-electron chi connectivity index (χ1n) is 11.9. The Balaban J connectivity index is 1.57. The predicted molar refractivity (Wildman–Crippen MR) is 110 cm³/mol. The lowest BCUT2D eigenvalue weighted by molar-refractivity contribution is -0.255. The first-order valence-corrected chi connectivity index (χ1v) is 11.9. The number of fused-ring (bicyclic) bond motifs is 3. The maximum Gasteiger partial charge on any atom is 0.302 e. The summed E-state index contributed by atoms with van der Waals surface area (Å²) in [5.74, 6) is 0.301. The molecule has 0 N–H and O–H groups in total. The third-order valence-corrected chi connectivity index (χ3v) is 9.48. The highest BCUT2D eigenvalue weighted by molar-refractivity contribution is 5.67. The van der Waals surface area contributed by atoms with Gasteiger partial charge < -0.3 is 23.7 Å². The molecule has 9 atom stereocenters. The Morgan fingerprint density at radius 2 is 1.90 bits per heavy atom. The second-order valence-electron chi connectivity index (χ2n) is 10.8. The number of epoxide rings is 1. The average Bonchev–Trinajstić information content (AvgIpc) is 3.15. The van der Waals surface area contributed by atoms with Crippen molar-refractivity contribution in [2.45, 2.75) is 90.3 Å². The molecule has 31 heavy (non-hydrogen) atoms. The van der Waals surface area contributed by atoms with Crippen molar-refractivity contribution >= 4 is 11.9 Å². The number of carbonyl (C=O) groups excluding carboxylic acids is 2. The zero-order valence-corrected chi connectivity index (χ0v) is 19.2. The van der Waals surface area contributed by atoms with E-state index in [0.717, 1.165) is 45.1 Å². The summed E-state index contributed by atoms with van der Waals surface area (Å²) in [5, 5.41) is 0. The van der Waals surface area contributed by atoms with E-state index in [2.05, 4.69) is 13.8 Å². The van der Waals surface area contributed by atoms with Crippen LogP contribution in [0.2, 0.25) is 0 Å². The van der Waals surface area contributed by atoms with E-state index in [0.29, 0.717) is 12.5 Å². The van der Waals surface area contributed by atoms with Crippen LogP contribution in [0.5, 0.6) is 0 Å². The molecule has 3 heterocycles. The Kier molecular flexibility index (Phi) is 5.18. The lowest BCUT2D eigenvalue weighted by Gasteiger charge is -2.64. The maximum atomic E-state index is 12.1. The molecular formula is C24H36O7. The maximum absolute atomic E-state index is 12.1. The van der Waals surface area contributed by atoms with E-state index in [1.807, 2.05) is 0 Å². The van der Waals surface area contributed by atoms with Gasteiger partial charge in [0.2, 0.25) is 0 Å². The molecular weight excluding hydrogens is 400 g/mol. The van der Waals surface area contributed by atoms with Crippen molar-refractivity contribution in [3.8, 4) is 0 Å². The van der Waals surface area contributed by atoms with Gasteiger partial charge in [-0.15, -0.1) is 0 Å². The van der Waals surface area contributed by atoms with E-state index in [1.165, 1.54) is 13.8 Å². The number of ether oxygens (including phenoxy) is 5. The second-order valence-corrected chi connectivity index (χ2v) is 10.8. The second kappa shape index (κ2) is 7.42. The summed E-state index contributed by atoms with van der Waals surface area (Å²) in [6.45, 7) is 9.16. The molecule has 5 aliphatic rings. The van der Waals surface area contributed by atoms with E-state index in [9.17, 15) is 9.59 Å². The third kappa shape index (κ3) is 3.10. The standard InChI is InChI=1S/C24H36O7/c1-14-10-20(30-16(3)26)24(13-28-15(2)25)18(6-5-8-23(24)12-29-23)22(14,4)19-11-17-7-9-27-21(17)31-19/h14,17-21H,5-13H2,1-4H3/t14-,17-,18-,19+,20+,21+,22+,23+,24+/m1/s1. The van der Waals surface area contributed by atoms with Gasteiger partial charge in [-0.3, -0.25) is 9.59 Å². The van der Waals surface area contributed by atoms with Crippen molar-refractivity contribution in [1.29, 1.82) is 0 Å². The number of esters is 2. The van der Waals surface area contributed by atoms with Crippen molar-refractivity contribution in [2.75, 3.05) is 19.8 Å². The van der Waals surface area contributed by atoms with Gasteiger partial charge in [0.15, 0.2) is 6.29 Å². The molecule has 3 saturated heterocycles. The van der Waals surface area contributed by atoms with Crippen molar-refractivity contribution in [3.05, 3.63) is 0 Å². The molecule has 0 aromatic carbocycles. The lowest BCUT2D eigenvalue weighted by Crippen LogP contribution is -2.69. The van der Waals surface area contributed by atoms with Crippen LogP contribution in [0.1, 0.15) is 66.2 Å². The molecule has 7 nitrogen and oxygen atoms in total. The van der Waals surface area contributed by atoms with Crippen LogP contribution >= 0.6 is 0 Å². The SMILES string of the molecule is CC(=O)OC[C@@]12[C@@H](OC(C)=O)C[C@@H](C)[C@](C)([C@@H]3C[C@H]4CCO[C@H]4O3)[C@H]1CCC[C@]21CO1. The summed E-state index contributed by atoms with van der Waals surface area (Å²) in [6, 6.07) is 0. The monoisotopic (exact) mass is 436 g/mol. The average molecular weight is 437 g/mol. The van der Waals surface area contributed by atoms with Crippen molar-refractivity contribution in [3.63, 3.8) is 0 Å². The largest absolute Gasteiger partial charge is 0.465 e. The zero-order valence-electron chi connectivity index (χ0n) is 19.2. The van der Waals surface area contributed by atoms with Gasteiger partial charge in [-0.1, -0.05) is 20.3 Å². The molecule has 5 rings (SSSR count). The van der Waals surface area contributed by atoms with E-state index >= 15 is 0 Å². The van der Waals surface area contributed by atoms with Crippen LogP contribution in [0.3, 0.4) is 0 Å². The molecule has 1 spiro atoms. The molecule has 0 bridgehead atoms. The highest BCUT2D eigenvalue weighted by Gasteiger charge is 2.76. The Morgan fingerprint density at radius 3 is 2.55 bits per heavy atom. The van der Waals surface area contributed by atoms with Gasteiger partial charge in [0.1, 0.15) is 18.3 Å². The van der Waals surface area contributed by atoms with Crippen molar-refractivity contribution < 1.29 is 33.3 Å². The van der Waals surface area contributed by atoms with E-state index in [1.54, 1.807) is 0 Å². The highest BCUT2D eigenvalue weighted by atomic mass is 16.7. The smallest absolute Gasteiger partial charge is 0.302 e. The normalized spacial score (nSPS) is 50.6. The van der Waals surface area contributed by atoms with Crippen LogP contribution in [-0.4, -0.2) is 55.9 Å². The van der Waals surface area contributed by atoms with Gasteiger partial charge >= 0.3 is 11.9 Å². The number of hydrogen-bond donors (Lipinski definition) is 0. The van der Waals surface area contributed by atoms with Crippen LogP contribution in [0.15, 0.2) is 0 Å². The van der Waals surface area contributed by atoms with Crippen LogP contribution in [0.25, 0.3) is 0 Å². The molecule has 174 valence electrons. The highest BCUT2D eigenvalue weighted by Crippen LogP contribution is 2.70. The summed E-state index contributed by atoms with van der Waals surface area (Å²) in [7, 11) is 0. The van der Waals surface area contributed by atoms with Crippen LogP contribution in [-0.2, 0) is 33.3 Å². The third-order valence-electron chi connectivity index (χ3n) is 9.48. The molecule has 3 aliphatic heterocycles. The fraction of sp³-hybridized carbons (Fsp3) is 0.917. The fourth-order valence-corrected chi connectivity index (χ4v) is 7.73. The first-order chi connectivity index (χ1) is 14.7. The Labute approximate surface area is 184 Å². The predicted octanol–water partition coefficient (Wildman–Crippen LogP) is 3.23. The Bertz CT molecular complexity index is 736. The van der Waals surface area contributed by atoms with E-state index < -0.39 is 11.0 Å². The molecule has 0 unspecified atom stereocenters. The summed E-state index contributed by atoms with van der Waals surface area (Å²) in [5.41, 5.74) is -1.09. The van der Waals surface area contributed by atoms with Gasteiger partial charge in [-0.2, -0.15) is 0 Å². The molecule has 0 aromatic heterocycles. The number of rotatable bonds is 4. The van der Waals surface area contributed by atoms with Gasteiger partial charge in [0.05, 0.1) is 24.7 Å². The zero-order chi connectivity index (χ0) is 22.0. The van der Waals surface area contributed by atoms with Gasteiger partial charge in [0.25, 0.3) is 0 Å². The summed E-state index contributed by atoms with van der Waals surface area (Å²) < 4.78 is 30.3. The van der Waals surface area contributed by atoms with Crippen LogP contribution in [0.4, 0.5) is 0 Å². The minimum absolute atomic E-state index is 0.0756. The van der Waals surface area contributed by atoms with Crippen LogP contribution < -0.4 is 0 Å². The van der Waals surface area contributed by atoms with E-state index in [4.69, 9.17) is 23.7 Å². The minimum atomic E-state index is -0.550. The summed E-state index contributed by atoms with van der Waals surface area (Å²) in [6.07, 6.45) is 5.36. The summed E-state index contributed by atoms with van der Waals surface area (Å²) in [4.78, 5) is 24.1. The quantitative estimate of drug-likeness (QED) is 0.494. The molecule has 0 amide bonds. The van der Waals surface area contributed by atoms with Gasteiger partial charge in [-0.05, 0) is 43.9 Å². The fourth-order valence-electron chi connectivity index (χ4n) is 7.73. The van der Waals surface area contributed by atoms with Crippen molar-refractivity contribution in [1.82, 2.24) is 0 Å². The number of hydrogen-bond acceptors (Lipinski definition) is 7.